The molecular formula is C30H34FNO4S. The summed E-state index contributed by atoms with van der Waals surface area (Å²) in [5.74, 6) is -0.316. The fourth-order valence-electron chi connectivity index (χ4n) is 4.10. The third-order valence-corrected chi connectivity index (χ3v) is 6.74. The Morgan fingerprint density at radius 2 is 1.97 bits per heavy atom. The van der Waals surface area contributed by atoms with Crippen LogP contribution in [-0.2, 0) is 25.5 Å². The van der Waals surface area contributed by atoms with Gasteiger partial charge in [-0.15, -0.1) is 0 Å². The summed E-state index contributed by atoms with van der Waals surface area (Å²) < 4.78 is 24.3. The molecule has 7 heteroatoms. The standard InChI is InChI=1S/C30H34FNO4S/c1-21-8-4-5-12-25(21)27-19-23(20-36-16-14-22-9-6-11-24(31)18-22)10-7-13-26(27)29(33)32-28(15-17-37-3)30(34)35-2/h4-9,11-13,18-19,28H,10,14-17,20H2,1-3H3,(H,32,33). The Hall–Kier alpha value is -3.16. The lowest BCUT2D eigenvalue weighted by atomic mass is 9.94. The first-order valence-electron chi connectivity index (χ1n) is 12.3. The summed E-state index contributed by atoms with van der Waals surface area (Å²) in [6.07, 6.45) is 9.44. The number of allylic oxidation sites excluding steroid dienone is 3. The van der Waals surface area contributed by atoms with Crippen LogP contribution >= 0.6 is 11.8 Å². The minimum absolute atomic E-state index is 0.254. The van der Waals surface area contributed by atoms with E-state index in [4.69, 9.17) is 9.47 Å². The van der Waals surface area contributed by atoms with Crippen LogP contribution in [0.3, 0.4) is 0 Å². The molecule has 1 aliphatic rings. The number of benzene rings is 2. The highest BCUT2D eigenvalue weighted by molar-refractivity contribution is 7.98. The number of hydrogen-bond acceptors (Lipinski definition) is 5. The highest BCUT2D eigenvalue weighted by Crippen LogP contribution is 2.29. The fourth-order valence-corrected chi connectivity index (χ4v) is 4.58. The van der Waals surface area contributed by atoms with Crippen molar-refractivity contribution in [2.45, 2.75) is 32.2 Å². The van der Waals surface area contributed by atoms with Gasteiger partial charge in [-0.3, -0.25) is 4.79 Å². The van der Waals surface area contributed by atoms with E-state index in [2.05, 4.69) is 5.32 Å². The number of esters is 1. The van der Waals surface area contributed by atoms with Gasteiger partial charge < -0.3 is 14.8 Å². The molecular weight excluding hydrogens is 489 g/mol. The summed E-state index contributed by atoms with van der Waals surface area (Å²) in [5, 5.41) is 2.88. The summed E-state index contributed by atoms with van der Waals surface area (Å²) in [7, 11) is 1.33. The third kappa shape index (κ3) is 8.44. The van der Waals surface area contributed by atoms with E-state index < -0.39 is 12.0 Å². The zero-order valence-electron chi connectivity index (χ0n) is 21.6. The van der Waals surface area contributed by atoms with Crippen molar-refractivity contribution in [1.29, 1.82) is 0 Å². The second-order valence-corrected chi connectivity index (χ2v) is 9.80. The average Bonchev–Trinajstić information content (AvgIpc) is 3.11. The van der Waals surface area contributed by atoms with Gasteiger partial charge in [0.25, 0.3) is 5.91 Å². The van der Waals surface area contributed by atoms with Crippen LogP contribution in [0.2, 0.25) is 0 Å². The molecule has 0 fully saturated rings. The van der Waals surface area contributed by atoms with Gasteiger partial charge in [0.15, 0.2) is 0 Å². The summed E-state index contributed by atoms with van der Waals surface area (Å²) in [6, 6.07) is 13.7. The van der Waals surface area contributed by atoms with Crippen molar-refractivity contribution in [3.05, 3.63) is 100 Å². The van der Waals surface area contributed by atoms with Gasteiger partial charge in [-0.25, -0.2) is 9.18 Å². The number of halogens is 1. The first kappa shape index (κ1) is 28.4. The normalized spacial score (nSPS) is 14.1. The Morgan fingerprint density at radius 1 is 1.16 bits per heavy atom. The van der Waals surface area contributed by atoms with Crippen molar-refractivity contribution in [3.8, 4) is 0 Å². The lowest BCUT2D eigenvalue weighted by molar-refractivity contribution is -0.144. The number of rotatable bonds is 12. The van der Waals surface area contributed by atoms with Crippen molar-refractivity contribution in [1.82, 2.24) is 5.32 Å². The van der Waals surface area contributed by atoms with Crippen molar-refractivity contribution < 1.29 is 23.5 Å². The van der Waals surface area contributed by atoms with Crippen LogP contribution in [0.1, 0.15) is 29.5 Å². The molecule has 3 rings (SSSR count). The number of thioether (sulfide) groups is 1. The van der Waals surface area contributed by atoms with E-state index >= 15 is 0 Å². The largest absolute Gasteiger partial charge is 0.467 e. The monoisotopic (exact) mass is 523 g/mol. The van der Waals surface area contributed by atoms with Crippen molar-refractivity contribution in [2.24, 2.45) is 0 Å². The van der Waals surface area contributed by atoms with E-state index in [0.717, 1.165) is 33.6 Å². The molecule has 5 nitrogen and oxygen atoms in total. The number of carbonyl (C=O) groups is 2. The first-order valence-corrected chi connectivity index (χ1v) is 13.7. The van der Waals surface area contributed by atoms with Gasteiger partial charge in [-0.2, -0.15) is 11.8 Å². The molecule has 0 aromatic heterocycles. The SMILES string of the molecule is COC(=O)C(CCSC)NC(=O)C1=C(c2ccccc2C)C=C(COCCc2cccc(F)c2)CC=C1. The first-order chi connectivity index (χ1) is 17.9. The van der Waals surface area contributed by atoms with Crippen LogP contribution < -0.4 is 5.32 Å². The van der Waals surface area contributed by atoms with Crippen molar-refractivity contribution in [2.75, 3.05) is 32.3 Å². The van der Waals surface area contributed by atoms with Crippen LogP contribution in [-0.4, -0.2) is 50.3 Å². The minimum atomic E-state index is -0.721. The number of nitrogens with one attached hydrogen (secondary N) is 1. The molecule has 1 atom stereocenters. The number of hydrogen-bond donors (Lipinski definition) is 1. The number of ether oxygens (including phenoxy) is 2. The van der Waals surface area contributed by atoms with E-state index in [1.54, 1.807) is 17.8 Å². The van der Waals surface area contributed by atoms with E-state index in [9.17, 15) is 14.0 Å². The maximum atomic E-state index is 13.5. The number of methoxy groups -OCH3 is 1. The average molecular weight is 524 g/mol. The van der Waals surface area contributed by atoms with Gasteiger partial charge in [-0.1, -0.05) is 54.6 Å². The second kappa shape index (κ2) is 14.5. The number of aryl methyl sites for hydroxylation is 1. The Kier molecular flexibility index (Phi) is 11.2. The molecule has 37 heavy (non-hydrogen) atoms. The molecule has 0 aliphatic heterocycles. The highest BCUT2D eigenvalue weighted by atomic mass is 32.2. The molecule has 1 unspecified atom stereocenters. The van der Waals surface area contributed by atoms with E-state index in [0.29, 0.717) is 38.0 Å². The summed E-state index contributed by atoms with van der Waals surface area (Å²) in [5.41, 5.74) is 5.14. The van der Waals surface area contributed by atoms with Crippen LogP contribution in [0.4, 0.5) is 4.39 Å². The fraction of sp³-hybridized carbons (Fsp3) is 0.333. The van der Waals surface area contributed by atoms with E-state index in [1.165, 1.54) is 19.2 Å². The van der Waals surface area contributed by atoms with Gasteiger partial charge in [0.05, 0.1) is 20.3 Å². The Morgan fingerprint density at radius 3 is 2.70 bits per heavy atom. The van der Waals surface area contributed by atoms with E-state index in [1.807, 2.05) is 61.7 Å². The van der Waals surface area contributed by atoms with Crippen molar-refractivity contribution in [3.63, 3.8) is 0 Å². The zero-order valence-corrected chi connectivity index (χ0v) is 22.4. The number of carbonyl (C=O) groups excluding carboxylic acids is 2. The quantitative estimate of drug-likeness (QED) is 0.296. The molecule has 2 aromatic carbocycles. The van der Waals surface area contributed by atoms with Crippen LogP contribution in [0.5, 0.6) is 0 Å². The molecule has 2 aromatic rings. The molecule has 0 spiro atoms. The third-order valence-electron chi connectivity index (χ3n) is 6.10. The van der Waals surface area contributed by atoms with Gasteiger partial charge in [-0.05, 0) is 78.2 Å². The minimum Gasteiger partial charge on any atom is -0.467 e. The van der Waals surface area contributed by atoms with Gasteiger partial charge in [0.2, 0.25) is 0 Å². The molecule has 196 valence electrons. The molecule has 0 heterocycles. The molecule has 0 radical (unpaired) electrons. The van der Waals surface area contributed by atoms with Crippen LogP contribution in [0.15, 0.2) is 77.9 Å². The van der Waals surface area contributed by atoms with Gasteiger partial charge in [0, 0.05) is 5.57 Å². The predicted octanol–water partition coefficient (Wildman–Crippen LogP) is 5.44. The Labute approximate surface area is 222 Å². The Balaban J connectivity index is 1.83. The Bertz CT molecular complexity index is 1190. The highest BCUT2D eigenvalue weighted by Gasteiger charge is 2.24. The molecule has 0 bridgehead atoms. The summed E-state index contributed by atoms with van der Waals surface area (Å²) >= 11 is 1.61. The predicted molar refractivity (Wildman–Crippen MR) is 148 cm³/mol. The van der Waals surface area contributed by atoms with Gasteiger partial charge >= 0.3 is 5.97 Å². The van der Waals surface area contributed by atoms with Crippen LogP contribution in [0.25, 0.3) is 5.57 Å². The summed E-state index contributed by atoms with van der Waals surface area (Å²) in [6.45, 7) is 2.85. The van der Waals surface area contributed by atoms with Gasteiger partial charge in [0.1, 0.15) is 11.9 Å². The zero-order chi connectivity index (χ0) is 26.6. The molecule has 1 aliphatic carbocycles. The molecule has 1 amide bonds. The second-order valence-electron chi connectivity index (χ2n) is 8.81. The topological polar surface area (TPSA) is 64.6 Å². The van der Waals surface area contributed by atoms with Crippen molar-refractivity contribution >= 4 is 29.2 Å². The van der Waals surface area contributed by atoms with Crippen LogP contribution in [0, 0.1) is 12.7 Å². The molecule has 1 N–H and O–H groups in total. The number of amides is 1. The lowest BCUT2D eigenvalue weighted by Gasteiger charge is -2.18. The maximum absolute atomic E-state index is 13.5. The van der Waals surface area contributed by atoms with E-state index in [-0.39, 0.29) is 11.7 Å². The molecule has 0 saturated carbocycles. The molecule has 0 saturated heterocycles. The smallest absolute Gasteiger partial charge is 0.328 e. The maximum Gasteiger partial charge on any atom is 0.328 e. The lowest BCUT2D eigenvalue weighted by Crippen LogP contribution is -2.42. The summed E-state index contributed by atoms with van der Waals surface area (Å²) in [4.78, 5) is 25.8.